The number of aromatic nitrogens is 2. The molecule has 1 saturated heterocycles. The quantitative estimate of drug-likeness (QED) is 0.797. The Morgan fingerprint density at radius 1 is 1.35 bits per heavy atom. The van der Waals surface area contributed by atoms with Gasteiger partial charge in [-0.05, 0) is 19.4 Å². The predicted molar refractivity (Wildman–Crippen MR) is 63.2 cm³/mol. The fourth-order valence-corrected chi connectivity index (χ4v) is 2.06. The van der Waals surface area contributed by atoms with Crippen LogP contribution in [0.4, 0.5) is 0 Å². The minimum Gasteiger partial charge on any atom is -0.479 e. The first-order valence-corrected chi connectivity index (χ1v) is 5.95. The molecule has 1 aromatic heterocycles. The van der Waals surface area contributed by atoms with E-state index in [1.165, 1.54) is 25.9 Å². The lowest BCUT2D eigenvalue weighted by Gasteiger charge is -2.14. The number of nitrogens with one attached hydrogen (secondary N) is 1. The zero-order valence-corrected chi connectivity index (χ0v) is 9.98. The molecule has 2 rings (SSSR count). The number of ether oxygens (including phenoxy) is 1. The average molecular weight is 235 g/mol. The topological polar surface area (TPSA) is 64.1 Å². The Kier molecular flexibility index (Phi) is 4.03. The second-order valence-electron chi connectivity index (χ2n) is 4.13. The molecule has 2 heterocycles. The molecule has 0 aromatic carbocycles. The molecule has 1 aliphatic rings. The Morgan fingerprint density at radius 3 is 3.00 bits per heavy atom. The molecule has 0 saturated carbocycles. The van der Waals surface area contributed by atoms with E-state index >= 15 is 0 Å². The fraction of sp³-hybridized carbons (Fsp3) is 0.583. The molecule has 5 nitrogen and oxygen atoms in total. The van der Waals surface area contributed by atoms with Crippen LogP contribution < -0.4 is 10.1 Å². The molecule has 1 atom stereocenters. The van der Waals surface area contributed by atoms with Crippen LogP contribution in [0.1, 0.15) is 36.2 Å². The van der Waals surface area contributed by atoms with Crippen molar-refractivity contribution in [3.63, 3.8) is 0 Å². The summed E-state index contributed by atoms with van der Waals surface area (Å²) in [7, 11) is 1.50. The first-order valence-electron chi connectivity index (χ1n) is 5.95. The second kappa shape index (κ2) is 5.72. The smallest absolute Gasteiger partial charge is 0.243 e. The molecule has 1 unspecified atom stereocenters. The zero-order valence-electron chi connectivity index (χ0n) is 9.98. The van der Waals surface area contributed by atoms with Gasteiger partial charge >= 0.3 is 0 Å². The largest absolute Gasteiger partial charge is 0.479 e. The van der Waals surface area contributed by atoms with Crippen molar-refractivity contribution in [2.75, 3.05) is 13.7 Å². The molecule has 0 bridgehead atoms. The van der Waals surface area contributed by atoms with Crippen molar-refractivity contribution in [3.8, 4) is 5.88 Å². The van der Waals surface area contributed by atoms with Crippen LogP contribution in [0.5, 0.6) is 5.88 Å². The van der Waals surface area contributed by atoms with Crippen LogP contribution in [-0.4, -0.2) is 35.4 Å². The average Bonchev–Trinajstić information content (AvgIpc) is 2.66. The van der Waals surface area contributed by atoms with Crippen LogP contribution in [0.2, 0.25) is 0 Å². The predicted octanol–water partition coefficient (Wildman–Crippen LogP) is 1.20. The Morgan fingerprint density at radius 2 is 2.18 bits per heavy atom. The molecule has 0 aliphatic carbocycles. The highest BCUT2D eigenvalue weighted by atomic mass is 16.5. The van der Waals surface area contributed by atoms with E-state index < -0.39 is 0 Å². The molecular weight excluding hydrogens is 218 g/mol. The van der Waals surface area contributed by atoms with E-state index in [2.05, 4.69) is 15.3 Å². The lowest BCUT2D eigenvalue weighted by Crippen LogP contribution is -2.36. The minimum absolute atomic E-state index is 0.0168. The summed E-state index contributed by atoms with van der Waals surface area (Å²) < 4.78 is 5.07. The van der Waals surface area contributed by atoms with Gasteiger partial charge in [0.15, 0.2) is 5.69 Å². The van der Waals surface area contributed by atoms with Gasteiger partial charge in [0, 0.05) is 12.4 Å². The Labute approximate surface area is 101 Å². The van der Waals surface area contributed by atoms with Gasteiger partial charge in [0.25, 0.3) is 0 Å². The van der Waals surface area contributed by atoms with E-state index in [0.29, 0.717) is 11.6 Å². The van der Waals surface area contributed by atoms with Crippen LogP contribution in [0.3, 0.4) is 0 Å². The van der Waals surface area contributed by atoms with E-state index in [1.54, 1.807) is 0 Å². The first-order chi connectivity index (χ1) is 8.33. The number of carbonyl (C=O) groups excluding carboxylic acids is 1. The summed E-state index contributed by atoms with van der Waals surface area (Å²) in [4.78, 5) is 20.4. The van der Waals surface area contributed by atoms with Crippen LogP contribution >= 0.6 is 0 Å². The second-order valence-corrected chi connectivity index (χ2v) is 4.13. The third-order valence-electron chi connectivity index (χ3n) is 2.97. The molecule has 92 valence electrons. The molecule has 17 heavy (non-hydrogen) atoms. The third-order valence-corrected chi connectivity index (χ3v) is 2.97. The maximum absolute atomic E-state index is 12.3. The maximum atomic E-state index is 12.3. The van der Waals surface area contributed by atoms with Crippen molar-refractivity contribution in [1.29, 1.82) is 0 Å². The van der Waals surface area contributed by atoms with Crippen LogP contribution in [0.15, 0.2) is 12.4 Å². The van der Waals surface area contributed by atoms with Gasteiger partial charge in [0.2, 0.25) is 11.7 Å². The van der Waals surface area contributed by atoms with Gasteiger partial charge in [-0.1, -0.05) is 12.8 Å². The van der Waals surface area contributed by atoms with Gasteiger partial charge in [0.1, 0.15) is 0 Å². The van der Waals surface area contributed by atoms with Crippen LogP contribution in [0.25, 0.3) is 0 Å². The summed E-state index contributed by atoms with van der Waals surface area (Å²) >= 11 is 0. The molecule has 1 N–H and O–H groups in total. The Bertz CT molecular complexity index is 387. The molecule has 0 radical (unpaired) electrons. The monoisotopic (exact) mass is 235 g/mol. The highest BCUT2D eigenvalue weighted by molar-refractivity contribution is 6.00. The standard InChI is InChI=1S/C12H17N3O2/c1-17-12-10(14-7-8-15-12)11(16)9-5-3-2-4-6-13-9/h7-9,13H,2-6H2,1H3. The van der Waals surface area contributed by atoms with Crippen molar-refractivity contribution in [3.05, 3.63) is 18.1 Å². The fourth-order valence-electron chi connectivity index (χ4n) is 2.06. The van der Waals surface area contributed by atoms with E-state index in [9.17, 15) is 4.79 Å². The van der Waals surface area contributed by atoms with E-state index in [4.69, 9.17) is 4.74 Å². The molecule has 1 aromatic rings. The molecule has 0 amide bonds. The van der Waals surface area contributed by atoms with Gasteiger partial charge in [0.05, 0.1) is 13.2 Å². The number of methoxy groups -OCH3 is 1. The lowest BCUT2D eigenvalue weighted by atomic mass is 10.0. The summed E-state index contributed by atoms with van der Waals surface area (Å²) in [6, 6.07) is -0.150. The number of hydrogen-bond acceptors (Lipinski definition) is 5. The Balaban J connectivity index is 2.17. The summed E-state index contributed by atoms with van der Waals surface area (Å²) in [5.41, 5.74) is 0.328. The molecule has 1 aliphatic heterocycles. The third kappa shape index (κ3) is 2.79. The molecular formula is C12H17N3O2. The summed E-state index contributed by atoms with van der Waals surface area (Å²) in [6.45, 7) is 0.888. The highest BCUT2D eigenvalue weighted by Crippen LogP contribution is 2.17. The summed E-state index contributed by atoms with van der Waals surface area (Å²) in [6.07, 6.45) is 7.28. The molecule has 1 fully saturated rings. The highest BCUT2D eigenvalue weighted by Gasteiger charge is 2.25. The van der Waals surface area contributed by atoms with Gasteiger partial charge < -0.3 is 10.1 Å². The van der Waals surface area contributed by atoms with Gasteiger partial charge in [-0.15, -0.1) is 0 Å². The van der Waals surface area contributed by atoms with Crippen molar-refractivity contribution in [2.45, 2.75) is 31.7 Å². The number of hydrogen-bond donors (Lipinski definition) is 1. The van der Waals surface area contributed by atoms with Gasteiger partial charge in [-0.3, -0.25) is 4.79 Å². The van der Waals surface area contributed by atoms with Gasteiger partial charge in [-0.2, -0.15) is 0 Å². The zero-order chi connectivity index (χ0) is 12.1. The summed E-state index contributed by atoms with van der Waals surface area (Å²) in [5, 5.41) is 3.26. The minimum atomic E-state index is -0.150. The van der Waals surface area contributed by atoms with Crippen molar-refractivity contribution in [1.82, 2.24) is 15.3 Å². The Hall–Kier alpha value is -1.49. The lowest BCUT2D eigenvalue weighted by molar-refractivity contribution is 0.0931. The molecule has 5 heteroatoms. The van der Waals surface area contributed by atoms with Crippen LogP contribution in [0, 0.1) is 0 Å². The van der Waals surface area contributed by atoms with Crippen molar-refractivity contribution < 1.29 is 9.53 Å². The SMILES string of the molecule is COc1nccnc1C(=O)C1CCCCCN1. The summed E-state index contributed by atoms with van der Waals surface area (Å²) in [5.74, 6) is 0.292. The first kappa shape index (κ1) is 12.0. The maximum Gasteiger partial charge on any atom is 0.243 e. The number of ketones is 1. The number of Topliss-reactive ketones (excluding diaryl/α,β-unsaturated/α-hetero) is 1. The van der Waals surface area contributed by atoms with Gasteiger partial charge in [-0.25, -0.2) is 9.97 Å². The number of carbonyl (C=O) groups is 1. The molecule has 0 spiro atoms. The van der Waals surface area contributed by atoms with Crippen molar-refractivity contribution >= 4 is 5.78 Å². The van der Waals surface area contributed by atoms with E-state index in [0.717, 1.165) is 25.8 Å². The van der Waals surface area contributed by atoms with E-state index in [-0.39, 0.29) is 11.8 Å². The number of nitrogens with zero attached hydrogens (tertiary/aromatic N) is 2. The van der Waals surface area contributed by atoms with Crippen LogP contribution in [-0.2, 0) is 0 Å². The normalized spacial score (nSPS) is 20.6. The number of rotatable bonds is 3. The van der Waals surface area contributed by atoms with Crippen molar-refractivity contribution in [2.24, 2.45) is 0 Å². The van der Waals surface area contributed by atoms with E-state index in [1.807, 2.05) is 0 Å².